The van der Waals surface area contributed by atoms with Gasteiger partial charge < -0.3 is 0 Å². The molecule has 0 spiro atoms. The van der Waals surface area contributed by atoms with Gasteiger partial charge in [-0.1, -0.05) is 129 Å². The van der Waals surface area contributed by atoms with E-state index in [1.807, 2.05) is 0 Å². The molecule has 8 nitrogen and oxygen atoms in total. The van der Waals surface area contributed by atoms with E-state index in [4.69, 9.17) is 26.3 Å². The Bertz CT molecular complexity index is 3460. The van der Waals surface area contributed by atoms with Crippen LogP contribution in [-0.2, 0) is 12.8 Å². The van der Waals surface area contributed by atoms with Gasteiger partial charge in [-0.05, 0) is 96.5 Å². The van der Waals surface area contributed by atoms with Gasteiger partial charge in [0.05, 0.1) is 61.7 Å². The second-order valence-corrected chi connectivity index (χ2v) is 27.1. The molecule has 0 aromatic carbocycles. The Balaban J connectivity index is 1.12. The van der Waals surface area contributed by atoms with Crippen LogP contribution in [0.2, 0.25) is 0 Å². The van der Waals surface area contributed by atoms with Crippen molar-refractivity contribution in [3.8, 4) is 73.0 Å². The van der Waals surface area contributed by atoms with Gasteiger partial charge in [-0.2, -0.15) is 17.6 Å². The highest BCUT2D eigenvalue weighted by molar-refractivity contribution is 7.30. The van der Waals surface area contributed by atoms with E-state index in [2.05, 4.69) is 69.6 Å². The van der Waals surface area contributed by atoms with Gasteiger partial charge in [0.25, 0.3) is 34.6 Å². The summed E-state index contributed by atoms with van der Waals surface area (Å²) in [6, 6.07) is 22.3. The van der Waals surface area contributed by atoms with E-state index in [1.54, 1.807) is 81.8 Å². The molecule has 0 N–H and O–H groups in total. The maximum Gasteiger partial charge on any atom is 0.284 e. The molecule has 0 radical (unpaired) electrons. The summed E-state index contributed by atoms with van der Waals surface area (Å²) in [5.41, 5.74) is -4.05. The molecule has 0 saturated carbocycles. The molecule has 2 aliphatic rings. The highest BCUT2D eigenvalue weighted by Crippen LogP contribution is 2.61. The normalized spacial score (nSPS) is 16.0. The van der Waals surface area contributed by atoms with Crippen LogP contribution in [0.25, 0.3) is 90.4 Å². The number of halogens is 4. The average Bonchev–Trinajstić information content (AvgIpc) is 1.88. The van der Waals surface area contributed by atoms with E-state index in [0.717, 1.165) is 124 Å². The average molecular weight is 1230 g/mol. The Morgan fingerprint density at radius 2 is 0.643 bits per heavy atom. The summed E-state index contributed by atoms with van der Waals surface area (Å²) in [7, 11) is 0. The lowest BCUT2D eigenvalue weighted by molar-refractivity contribution is 0.137. The predicted octanol–water partition coefficient (Wildman–Crippen LogP) is 23.2. The lowest BCUT2D eigenvalue weighted by atomic mass is 10.0. The molecule has 0 atom stereocenters. The number of nitrogens with zero attached hydrogens (tertiary/aromatic N) is 8. The molecule has 8 rings (SSSR count). The third-order valence-corrected chi connectivity index (χ3v) is 22.9. The third-order valence-electron chi connectivity index (χ3n) is 15.1. The van der Waals surface area contributed by atoms with Crippen molar-refractivity contribution in [3.05, 3.63) is 149 Å². The smallest absolute Gasteiger partial charge is 0.226 e. The first kappa shape index (κ1) is 62.8. The number of hydrogen-bond donors (Lipinski definition) is 0. The fourth-order valence-electron chi connectivity index (χ4n) is 10.9. The van der Waals surface area contributed by atoms with Crippen LogP contribution in [0.15, 0.2) is 71.3 Å². The van der Waals surface area contributed by atoms with Crippen molar-refractivity contribution in [1.82, 2.24) is 0 Å². The highest BCUT2D eigenvalue weighted by Gasteiger charge is 2.53. The molecule has 0 unspecified atom stereocenters. The lowest BCUT2D eigenvalue weighted by Crippen LogP contribution is -2.16. The molecule has 6 aromatic rings. The second-order valence-electron chi connectivity index (χ2n) is 20.8. The summed E-state index contributed by atoms with van der Waals surface area (Å²) in [5, 5.41) is 39.3. The van der Waals surface area contributed by atoms with E-state index in [0.29, 0.717) is 9.75 Å². The summed E-state index contributed by atoms with van der Waals surface area (Å²) in [6.07, 6.45) is 25.2. The van der Waals surface area contributed by atoms with Gasteiger partial charge in [-0.15, -0.1) is 68.0 Å². The predicted molar refractivity (Wildman–Crippen MR) is 338 cm³/mol. The minimum Gasteiger partial charge on any atom is -0.226 e. The van der Waals surface area contributed by atoms with E-state index in [1.165, 1.54) is 89.9 Å². The van der Waals surface area contributed by atoms with E-state index in [-0.39, 0.29) is 20.9 Å². The van der Waals surface area contributed by atoms with Gasteiger partial charge in [0, 0.05) is 69.7 Å². The van der Waals surface area contributed by atoms with E-state index >= 15 is 17.6 Å². The molecular weight excluding hydrogens is 1170 g/mol. The van der Waals surface area contributed by atoms with Crippen LogP contribution in [0, 0.1) is 71.6 Å². The summed E-state index contributed by atoms with van der Waals surface area (Å²) < 4.78 is 64.7. The van der Waals surface area contributed by atoms with Crippen LogP contribution in [-0.4, -0.2) is 11.8 Å². The standard InChI is InChI=1S/C66H58F4N8S6/c1-7-9-11-13-15-17-19-21-23-25-27-41-33-53(55-35-43-57(45(37-71)75-3)65(67,68)59(63(43)83-55)47(39-73)77-5)81-61(41)51-31-29-49(79-51)50-30-32-52(80-50)62-42(28-26-24-22-20-18-16-14-12-10-8-2)34-54(82-62)56-36-44-58(46(38-72)76-4)66(69,70)60(64(44)84-56)48(40-74)78-6/h29-36H,7-28H2,1-2H3/b57-45-,58-46+,59-47-,60-48+. The van der Waals surface area contributed by atoms with Gasteiger partial charge in [0.15, 0.2) is 0 Å². The zero-order chi connectivity index (χ0) is 60.0. The number of fused-ring (bicyclic) bond motifs is 2. The van der Waals surface area contributed by atoms with E-state index < -0.39 is 56.9 Å². The lowest BCUT2D eigenvalue weighted by Gasteiger charge is -2.15. The second kappa shape index (κ2) is 29.1. The van der Waals surface area contributed by atoms with Crippen LogP contribution in [0.3, 0.4) is 0 Å². The number of alkyl halides is 4. The first-order valence-corrected chi connectivity index (χ1v) is 33.3. The van der Waals surface area contributed by atoms with Crippen LogP contribution in [0.5, 0.6) is 0 Å². The molecule has 2 aliphatic carbocycles. The van der Waals surface area contributed by atoms with Gasteiger partial charge in [-0.25, -0.2) is 40.4 Å². The van der Waals surface area contributed by atoms with Gasteiger partial charge >= 0.3 is 0 Å². The van der Waals surface area contributed by atoms with Crippen LogP contribution in [0.1, 0.15) is 174 Å². The molecule has 0 fully saturated rings. The fourth-order valence-corrected chi connectivity index (χ4v) is 18.4. The summed E-state index contributed by atoms with van der Waals surface area (Å²) in [6.45, 7) is 34.8. The van der Waals surface area contributed by atoms with Gasteiger partial charge in [0.1, 0.15) is 0 Å². The Kier molecular flexibility index (Phi) is 21.7. The number of allylic oxidation sites excluding steroid dienone is 8. The maximum absolute atomic E-state index is 16.2. The van der Waals surface area contributed by atoms with Crippen molar-refractivity contribution < 1.29 is 17.6 Å². The zero-order valence-corrected chi connectivity index (χ0v) is 51.6. The van der Waals surface area contributed by atoms with Gasteiger partial charge in [0.2, 0.25) is 0 Å². The number of aryl methyl sites for hydroxylation is 2. The van der Waals surface area contributed by atoms with Crippen molar-refractivity contribution in [2.75, 3.05) is 0 Å². The molecule has 0 bridgehead atoms. The molecule has 0 aliphatic heterocycles. The minimum atomic E-state index is -3.88. The number of nitriles is 4. The Morgan fingerprint density at radius 3 is 0.952 bits per heavy atom. The maximum atomic E-state index is 16.2. The van der Waals surface area contributed by atoms with Crippen LogP contribution < -0.4 is 0 Å². The summed E-state index contributed by atoms with van der Waals surface area (Å²) >= 11 is 8.46. The largest absolute Gasteiger partial charge is 0.284 e. The topological polar surface area (TPSA) is 113 Å². The Morgan fingerprint density at radius 1 is 0.369 bits per heavy atom. The Hall–Kier alpha value is -7.20. The molecule has 0 saturated heterocycles. The molecule has 18 heteroatoms. The first-order chi connectivity index (χ1) is 40.8. The molecule has 426 valence electrons. The number of rotatable bonds is 27. The van der Waals surface area contributed by atoms with Crippen molar-refractivity contribution in [2.24, 2.45) is 0 Å². The van der Waals surface area contributed by atoms with Crippen molar-refractivity contribution >= 4 is 90.3 Å². The molecule has 84 heavy (non-hydrogen) atoms. The van der Waals surface area contributed by atoms with E-state index in [9.17, 15) is 21.0 Å². The van der Waals surface area contributed by atoms with Crippen molar-refractivity contribution in [2.45, 2.75) is 167 Å². The quantitative estimate of drug-likeness (QED) is 0.0221. The SMILES string of the molecule is [C-]#[N+]/C(C#N)=C1\c2sc(-c3cc(CCCCCCCCCCCC)c(-c4ccc(-c5ccc(-c6sc(-c7cc8c(s7)/C(=C(\C#N)[N+]#[C-])C(F)(F)/C8=C(/C#N)[N+]#[C-])cc6CCCCCCCCCCCC)s5)s4)s3)cc2/C(=C(/C#N)[N+]#[C-])C1(F)F. The molecular formula is C66H58F4N8S6. The van der Waals surface area contributed by atoms with Crippen molar-refractivity contribution in [3.63, 3.8) is 0 Å². The summed E-state index contributed by atoms with van der Waals surface area (Å²) in [5.74, 6) is -7.76. The molecule has 0 amide bonds. The van der Waals surface area contributed by atoms with Crippen molar-refractivity contribution in [1.29, 1.82) is 21.0 Å². The first-order valence-electron chi connectivity index (χ1n) is 28.4. The number of hydrogen-bond acceptors (Lipinski definition) is 10. The van der Waals surface area contributed by atoms with Gasteiger partial charge in [-0.3, -0.25) is 0 Å². The minimum absolute atomic E-state index is 0.00876. The summed E-state index contributed by atoms with van der Waals surface area (Å²) in [4.78, 5) is 21.7. The third kappa shape index (κ3) is 13.3. The monoisotopic (exact) mass is 1230 g/mol. The van der Waals surface area contributed by atoms with Crippen LogP contribution >= 0.6 is 68.0 Å². The molecule has 6 aromatic heterocycles. The highest BCUT2D eigenvalue weighted by atomic mass is 32.1. The fraction of sp³-hybridized carbons (Fsp3) is 0.394. The Labute approximate surface area is 514 Å². The number of unbranched alkanes of at least 4 members (excludes halogenated alkanes) is 18. The molecule has 6 heterocycles. The number of thiophene rings is 6. The van der Waals surface area contributed by atoms with Crippen LogP contribution in [0.4, 0.5) is 17.6 Å². The zero-order valence-electron chi connectivity index (χ0n) is 46.7.